The van der Waals surface area contributed by atoms with Crippen LogP contribution in [0.25, 0.3) is 6.08 Å². The fourth-order valence-electron chi connectivity index (χ4n) is 1.43. The molecule has 0 fully saturated rings. The van der Waals surface area contributed by atoms with E-state index < -0.39 is 30.2 Å². The molecule has 1 atom stereocenters. The first-order chi connectivity index (χ1) is 9.79. The molecule has 1 rings (SSSR count). The van der Waals surface area contributed by atoms with E-state index in [4.69, 9.17) is 10.2 Å². The van der Waals surface area contributed by atoms with Gasteiger partial charge in [-0.15, -0.1) is 0 Å². The molecule has 0 heterocycles. The van der Waals surface area contributed by atoms with Gasteiger partial charge >= 0.3 is 11.9 Å². The highest BCUT2D eigenvalue weighted by atomic mass is 16.6. The fraction of sp³-hybridized carbons (Fsp3) is 0.214. The number of aromatic hydroxyl groups is 2. The third-order valence-electron chi connectivity index (χ3n) is 2.42. The molecule has 0 aromatic heterocycles. The largest absolute Gasteiger partial charge is 0.504 e. The normalized spacial score (nSPS) is 12.0. The SMILES string of the molecule is CC(=O)CC(OC(=O)/C=C/c1ccc(O)c(O)c1)C(=O)O. The number of carbonyl (C=O) groups excluding carboxylic acids is 2. The number of ketones is 1. The van der Waals surface area contributed by atoms with Crippen molar-refractivity contribution in [3.05, 3.63) is 29.8 Å². The lowest BCUT2D eigenvalue weighted by molar-refractivity contribution is -0.161. The number of carboxylic acids is 1. The topological polar surface area (TPSA) is 121 Å². The molecule has 112 valence electrons. The maximum atomic E-state index is 11.5. The van der Waals surface area contributed by atoms with Gasteiger partial charge in [-0.3, -0.25) is 4.79 Å². The summed E-state index contributed by atoms with van der Waals surface area (Å²) in [5.74, 6) is -3.42. The van der Waals surface area contributed by atoms with Gasteiger partial charge in [0.2, 0.25) is 6.10 Å². The molecule has 7 nitrogen and oxygen atoms in total. The molecule has 0 bridgehead atoms. The quantitative estimate of drug-likeness (QED) is 0.408. The Morgan fingerprint density at radius 3 is 2.43 bits per heavy atom. The van der Waals surface area contributed by atoms with Gasteiger partial charge in [-0.2, -0.15) is 0 Å². The van der Waals surface area contributed by atoms with Gasteiger partial charge in [0.1, 0.15) is 5.78 Å². The number of carboxylic acid groups (broad SMARTS) is 1. The van der Waals surface area contributed by atoms with Crippen molar-refractivity contribution in [2.24, 2.45) is 0 Å². The highest BCUT2D eigenvalue weighted by Gasteiger charge is 2.22. The van der Waals surface area contributed by atoms with Crippen LogP contribution in [-0.2, 0) is 19.1 Å². The van der Waals surface area contributed by atoms with Crippen molar-refractivity contribution in [3.8, 4) is 11.5 Å². The molecule has 0 radical (unpaired) electrons. The summed E-state index contributed by atoms with van der Waals surface area (Å²) in [7, 11) is 0. The van der Waals surface area contributed by atoms with Crippen molar-refractivity contribution in [2.45, 2.75) is 19.4 Å². The van der Waals surface area contributed by atoms with Crippen LogP contribution >= 0.6 is 0 Å². The number of hydrogen-bond donors (Lipinski definition) is 3. The fourth-order valence-corrected chi connectivity index (χ4v) is 1.43. The first-order valence-corrected chi connectivity index (χ1v) is 5.92. The van der Waals surface area contributed by atoms with E-state index in [0.717, 1.165) is 6.08 Å². The predicted octanol–water partition coefficient (Wildman–Crippen LogP) is 1.09. The maximum Gasteiger partial charge on any atom is 0.345 e. The lowest BCUT2D eigenvalue weighted by atomic mass is 10.2. The van der Waals surface area contributed by atoms with Crippen molar-refractivity contribution in [2.75, 3.05) is 0 Å². The average Bonchev–Trinajstić information content (AvgIpc) is 2.38. The van der Waals surface area contributed by atoms with Crippen LogP contribution in [0.1, 0.15) is 18.9 Å². The van der Waals surface area contributed by atoms with Crippen LogP contribution in [0.5, 0.6) is 11.5 Å². The zero-order valence-corrected chi connectivity index (χ0v) is 11.1. The Balaban J connectivity index is 2.70. The molecule has 0 aliphatic carbocycles. The third-order valence-corrected chi connectivity index (χ3v) is 2.42. The van der Waals surface area contributed by atoms with E-state index in [0.29, 0.717) is 5.56 Å². The Morgan fingerprint density at radius 1 is 1.24 bits per heavy atom. The smallest absolute Gasteiger partial charge is 0.345 e. The molecule has 0 aliphatic rings. The zero-order chi connectivity index (χ0) is 16.0. The number of carbonyl (C=O) groups is 3. The van der Waals surface area contributed by atoms with E-state index >= 15 is 0 Å². The summed E-state index contributed by atoms with van der Waals surface area (Å²) in [6.07, 6.45) is 0.290. The molecule has 0 aliphatic heterocycles. The van der Waals surface area contributed by atoms with Crippen LogP contribution in [0.3, 0.4) is 0 Å². The minimum absolute atomic E-state index is 0.304. The van der Waals surface area contributed by atoms with Crippen LogP contribution in [-0.4, -0.2) is 39.1 Å². The van der Waals surface area contributed by atoms with Gasteiger partial charge in [-0.05, 0) is 30.7 Å². The van der Waals surface area contributed by atoms with Gasteiger partial charge in [0.15, 0.2) is 11.5 Å². The maximum absolute atomic E-state index is 11.5. The highest BCUT2D eigenvalue weighted by Crippen LogP contribution is 2.25. The molecule has 0 saturated carbocycles. The van der Waals surface area contributed by atoms with Crippen LogP contribution in [0.15, 0.2) is 24.3 Å². The summed E-state index contributed by atoms with van der Waals surface area (Å²) in [4.78, 5) is 33.1. The van der Waals surface area contributed by atoms with Gasteiger partial charge in [0.05, 0.1) is 6.42 Å². The zero-order valence-electron chi connectivity index (χ0n) is 11.1. The molecule has 1 aromatic carbocycles. The lowest BCUT2D eigenvalue weighted by Crippen LogP contribution is -2.28. The lowest BCUT2D eigenvalue weighted by Gasteiger charge is -2.10. The van der Waals surface area contributed by atoms with Crippen LogP contribution in [0.4, 0.5) is 0 Å². The van der Waals surface area contributed by atoms with Crippen molar-refractivity contribution in [1.29, 1.82) is 0 Å². The van der Waals surface area contributed by atoms with Crippen molar-refractivity contribution in [3.63, 3.8) is 0 Å². The van der Waals surface area contributed by atoms with Gasteiger partial charge in [0, 0.05) is 6.08 Å². The van der Waals surface area contributed by atoms with Crippen LogP contribution < -0.4 is 0 Å². The van der Waals surface area contributed by atoms with Crippen molar-refractivity contribution < 1.29 is 34.4 Å². The summed E-state index contributed by atoms with van der Waals surface area (Å²) in [6, 6.07) is 3.88. The minimum Gasteiger partial charge on any atom is -0.504 e. The third kappa shape index (κ3) is 5.35. The number of aliphatic carboxylic acids is 1. The Hall–Kier alpha value is -2.83. The van der Waals surface area contributed by atoms with E-state index in [9.17, 15) is 19.5 Å². The molecule has 1 aromatic rings. The summed E-state index contributed by atoms with van der Waals surface area (Å²) in [6.45, 7) is 1.19. The number of rotatable bonds is 6. The summed E-state index contributed by atoms with van der Waals surface area (Å²) in [5.41, 5.74) is 0.403. The summed E-state index contributed by atoms with van der Waals surface area (Å²) in [5, 5.41) is 27.2. The van der Waals surface area contributed by atoms with Gasteiger partial charge in [0.25, 0.3) is 0 Å². The number of ether oxygens (including phenoxy) is 1. The molecule has 21 heavy (non-hydrogen) atoms. The van der Waals surface area contributed by atoms with E-state index in [-0.39, 0.29) is 11.5 Å². The highest BCUT2D eigenvalue weighted by molar-refractivity contribution is 5.90. The second-order valence-electron chi connectivity index (χ2n) is 4.25. The Kier molecular flexibility index (Phi) is 5.48. The molecule has 1 unspecified atom stereocenters. The summed E-state index contributed by atoms with van der Waals surface area (Å²) >= 11 is 0. The van der Waals surface area contributed by atoms with Gasteiger partial charge in [-0.25, -0.2) is 9.59 Å². The minimum atomic E-state index is -1.53. The second kappa shape index (κ2) is 7.09. The number of Topliss-reactive ketones (excluding diaryl/α,β-unsaturated/α-hetero) is 1. The molecular formula is C14H14O7. The van der Waals surface area contributed by atoms with Crippen LogP contribution in [0.2, 0.25) is 0 Å². The Morgan fingerprint density at radius 2 is 1.90 bits per heavy atom. The molecule has 0 saturated heterocycles. The van der Waals surface area contributed by atoms with Crippen molar-refractivity contribution >= 4 is 23.8 Å². The molecule has 0 amide bonds. The number of phenolic OH excluding ortho intramolecular Hbond substituents is 2. The molecule has 7 heteroatoms. The van der Waals surface area contributed by atoms with Crippen molar-refractivity contribution in [1.82, 2.24) is 0 Å². The van der Waals surface area contributed by atoms with E-state index in [1.807, 2.05) is 0 Å². The Labute approximate surface area is 120 Å². The standard InChI is InChI=1S/C14H14O7/c1-8(15)6-12(14(19)20)21-13(18)5-3-9-2-4-10(16)11(17)7-9/h2-5,7,12,16-17H,6H2,1H3,(H,19,20)/b5-3+. The average molecular weight is 294 g/mol. The number of hydrogen-bond acceptors (Lipinski definition) is 6. The number of esters is 1. The van der Waals surface area contributed by atoms with Crippen LogP contribution in [0, 0.1) is 0 Å². The molecule has 3 N–H and O–H groups in total. The molecular weight excluding hydrogens is 280 g/mol. The second-order valence-corrected chi connectivity index (χ2v) is 4.25. The number of benzene rings is 1. The first-order valence-electron chi connectivity index (χ1n) is 5.92. The predicted molar refractivity (Wildman–Crippen MR) is 71.6 cm³/mol. The number of phenols is 2. The monoisotopic (exact) mass is 294 g/mol. The van der Waals surface area contributed by atoms with Gasteiger partial charge < -0.3 is 20.1 Å². The van der Waals surface area contributed by atoms with Gasteiger partial charge in [-0.1, -0.05) is 6.07 Å². The van der Waals surface area contributed by atoms with E-state index in [2.05, 4.69) is 4.74 Å². The molecule has 0 spiro atoms. The van der Waals surface area contributed by atoms with E-state index in [1.54, 1.807) is 0 Å². The summed E-state index contributed by atoms with van der Waals surface area (Å²) < 4.78 is 4.64. The van der Waals surface area contributed by atoms with E-state index in [1.165, 1.54) is 31.2 Å². The Bertz CT molecular complexity index is 589. The first kappa shape index (κ1) is 16.2.